The van der Waals surface area contributed by atoms with Gasteiger partial charge in [-0.3, -0.25) is 9.59 Å². The predicted octanol–water partition coefficient (Wildman–Crippen LogP) is 6.25. The van der Waals surface area contributed by atoms with Crippen LogP contribution in [0.2, 0.25) is 10.0 Å². The van der Waals surface area contributed by atoms with Gasteiger partial charge in [0.1, 0.15) is 11.5 Å². The summed E-state index contributed by atoms with van der Waals surface area (Å²) in [7, 11) is 0. The quantitative estimate of drug-likeness (QED) is 0.455. The van der Waals surface area contributed by atoms with E-state index in [2.05, 4.69) is 10.6 Å². The highest BCUT2D eigenvalue weighted by atomic mass is 35.5. The maximum Gasteiger partial charge on any atom is 0.248 e. The maximum absolute atomic E-state index is 12.2. The van der Waals surface area contributed by atoms with Crippen molar-refractivity contribution in [1.29, 1.82) is 0 Å². The fourth-order valence-electron chi connectivity index (χ4n) is 2.56. The number of halogens is 2. The Bertz CT molecular complexity index is 1050. The number of benzene rings is 2. The van der Waals surface area contributed by atoms with Gasteiger partial charge in [-0.25, -0.2) is 0 Å². The average molecular weight is 429 g/mol. The van der Waals surface area contributed by atoms with Crippen molar-refractivity contribution in [3.8, 4) is 11.3 Å². The fourth-order valence-corrected chi connectivity index (χ4v) is 3.09. The molecule has 0 spiro atoms. The van der Waals surface area contributed by atoms with Gasteiger partial charge in [0.2, 0.25) is 11.8 Å². The first-order valence-electron chi connectivity index (χ1n) is 8.88. The summed E-state index contributed by atoms with van der Waals surface area (Å²) in [5, 5.41) is 6.51. The predicted molar refractivity (Wildman–Crippen MR) is 117 cm³/mol. The third-order valence-electron chi connectivity index (χ3n) is 3.91. The lowest BCUT2D eigenvalue weighted by Gasteiger charge is -2.06. The Morgan fingerprint density at radius 1 is 0.966 bits per heavy atom. The van der Waals surface area contributed by atoms with Crippen LogP contribution in [0.15, 0.2) is 65.1 Å². The Morgan fingerprint density at radius 3 is 2.34 bits per heavy atom. The molecule has 5 nitrogen and oxygen atoms in total. The van der Waals surface area contributed by atoms with Crippen molar-refractivity contribution < 1.29 is 14.0 Å². The van der Waals surface area contributed by atoms with Crippen molar-refractivity contribution in [3.05, 3.63) is 76.5 Å². The largest absolute Gasteiger partial charge is 0.457 e. The normalized spacial score (nSPS) is 10.9. The van der Waals surface area contributed by atoms with Crippen LogP contribution in [0.3, 0.4) is 0 Å². The molecular weight excluding hydrogens is 411 g/mol. The molecule has 0 bridgehead atoms. The van der Waals surface area contributed by atoms with E-state index in [4.69, 9.17) is 27.6 Å². The van der Waals surface area contributed by atoms with Gasteiger partial charge < -0.3 is 15.1 Å². The van der Waals surface area contributed by atoms with Crippen molar-refractivity contribution in [3.63, 3.8) is 0 Å². The number of rotatable bonds is 6. The Labute approximate surface area is 178 Å². The van der Waals surface area contributed by atoms with Crippen LogP contribution < -0.4 is 10.6 Å². The van der Waals surface area contributed by atoms with E-state index >= 15 is 0 Å². The van der Waals surface area contributed by atoms with Crippen LogP contribution in [0.4, 0.5) is 11.4 Å². The highest BCUT2D eigenvalue weighted by molar-refractivity contribution is 6.35. The Kier molecular flexibility index (Phi) is 6.75. The number of nitrogens with one attached hydrogen (secondary N) is 2. The molecular formula is C22H18Cl2N2O3. The van der Waals surface area contributed by atoms with Crippen LogP contribution in [0.5, 0.6) is 0 Å². The molecule has 0 aliphatic carbocycles. The van der Waals surface area contributed by atoms with E-state index in [1.54, 1.807) is 67.6 Å². The van der Waals surface area contributed by atoms with E-state index in [0.29, 0.717) is 39.4 Å². The van der Waals surface area contributed by atoms with Crippen molar-refractivity contribution >= 4 is 52.5 Å². The van der Waals surface area contributed by atoms with E-state index in [0.717, 1.165) is 5.56 Å². The van der Waals surface area contributed by atoms with Gasteiger partial charge in [-0.1, -0.05) is 36.2 Å². The first kappa shape index (κ1) is 20.7. The molecule has 3 rings (SSSR count). The molecule has 0 saturated heterocycles. The second-order valence-electron chi connectivity index (χ2n) is 6.17. The van der Waals surface area contributed by atoms with E-state index in [-0.39, 0.29) is 11.8 Å². The zero-order valence-corrected chi connectivity index (χ0v) is 17.1. The molecule has 29 heavy (non-hydrogen) atoms. The number of hydrogen-bond acceptors (Lipinski definition) is 3. The van der Waals surface area contributed by atoms with Gasteiger partial charge >= 0.3 is 0 Å². The molecule has 0 unspecified atom stereocenters. The minimum atomic E-state index is -0.326. The topological polar surface area (TPSA) is 71.3 Å². The lowest BCUT2D eigenvalue weighted by atomic mass is 10.2. The second kappa shape index (κ2) is 9.45. The minimum absolute atomic E-state index is 0.0945. The molecule has 2 amide bonds. The van der Waals surface area contributed by atoms with Crippen LogP contribution in [-0.2, 0) is 9.59 Å². The molecule has 7 heteroatoms. The lowest BCUT2D eigenvalue weighted by Crippen LogP contribution is -2.11. The Morgan fingerprint density at radius 2 is 1.66 bits per heavy atom. The third kappa shape index (κ3) is 5.98. The first-order chi connectivity index (χ1) is 13.9. The molecule has 1 heterocycles. The number of furan rings is 1. The molecule has 0 saturated carbocycles. The Hall–Kier alpha value is -3.02. The molecule has 148 valence electrons. The van der Waals surface area contributed by atoms with Gasteiger partial charge in [0.05, 0.1) is 0 Å². The maximum atomic E-state index is 12.2. The monoisotopic (exact) mass is 428 g/mol. The van der Waals surface area contributed by atoms with Crippen molar-refractivity contribution in [2.75, 3.05) is 10.6 Å². The highest BCUT2D eigenvalue weighted by Gasteiger charge is 2.07. The van der Waals surface area contributed by atoms with Crippen LogP contribution in [0.25, 0.3) is 17.4 Å². The zero-order chi connectivity index (χ0) is 20.8. The van der Waals surface area contributed by atoms with Crippen molar-refractivity contribution in [1.82, 2.24) is 0 Å². The lowest BCUT2D eigenvalue weighted by molar-refractivity contribution is -0.116. The first-order valence-corrected chi connectivity index (χ1v) is 9.64. The smallest absolute Gasteiger partial charge is 0.248 e. The fraction of sp³-hybridized carbons (Fsp3) is 0.0909. The van der Waals surface area contributed by atoms with Crippen LogP contribution in [0.1, 0.15) is 19.1 Å². The van der Waals surface area contributed by atoms with Gasteiger partial charge in [-0.05, 0) is 54.6 Å². The summed E-state index contributed by atoms with van der Waals surface area (Å²) in [6.07, 6.45) is 3.31. The Balaban J connectivity index is 1.65. The number of anilines is 2. The summed E-state index contributed by atoms with van der Waals surface area (Å²) in [5.74, 6) is 0.680. The highest BCUT2D eigenvalue weighted by Crippen LogP contribution is 2.29. The van der Waals surface area contributed by atoms with Crippen molar-refractivity contribution in [2.24, 2.45) is 0 Å². The van der Waals surface area contributed by atoms with Crippen LogP contribution in [-0.4, -0.2) is 11.8 Å². The number of carbonyl (C=O) groups excluding carboxylic acids is 2. The van der Waals surface area contributed by atoms with Gasteiger partial charge in [0, 0.05) is 39.5 Å². The molecule has 2 N–H and O–H groups in total. The van der Waals surface area contributed by atoms with Gasteiger partial charge in [0.15, 0.2) is 0 Å². The summed E-state index contributed by atoms with van der Waals surface area (Å²) < 4.78 is 5.72. The summed E-state index contributed by atoms with van der Waals surface area (Å²) in [4.78, 5) is 23.7. The third-order valence-corrected chi connectivity index (χ3v) is 4.34. The number of hydrogen-bond donors (Lipinski definition) is 2. The van der Waals surface area contributed by atoms with Gasteiger partial charge in [0.25, 0.3) is 0 Å². The summed E-state index contributed by atoms with van der Waals surface area (Å²) in [6, 6.07) is 15.6. The molecule has 1 aromatic heterocycles. The van der Waals surface area contributed by atoms with E-state index in [1.165, 1.54) is 6.08 Å². The molecule has 0 atom stereocenters. The average Bonchev–Trinajstić information content (AvgIpc) is 3.15. The minimum Gasteiger partial charge on any atom is -0.457 e. The van der Waals surface area contributed by atoms with Gasteiger partial charge in [-0.2, -0.15) is 0 Å². The molecule has 0 fully saturated rings. The number of amides is 2. The molecule has 3 aromatic rings. The molecule has 0 radical (unpaired) electrons. The standard InChI is InChI=1S/C22H18Cl2N2O3/c1-2-21(27)25-17-4-3-5-18(13-17)26-22(28)9-7-19-6-8-20(29-19)14-10-15(23)12-16(24)11-14/h3-13H,2H2,1H3,(H,25,27)(H,26,28)/b9-7+. The van der Waals surface area contributed by atoms with Crippen LogP contribution >= 0.6 is 23.2 Å². The zero-order valence-electron chi connectivity index (χ0n) is 15.5. The van der Waals surface area contributed by atoms with E-state index in [1.807, 2.05) is 0 Å². The SMILES string of the molecule is CCC(=O)Nc1cccc(NC(=O)/C=C/c2ccc(-c3cc(Cl)cc(Cl)c3)o2)c1. The summed E-state index contributed by atoms with van der Waals surface area (Å²) in [5.41, 5.74) is 1.94. The second-order valence-corrected chi connectivity index (χ2v) is 7.04. The van der Waals surface area contributed by atoms with Crippen LogP contribution in [0, 0.1) is 0 Å². The summed E-state index contributed by atoms with van der Waals surface area (Å²) >= 11 is 12.0. The van der Waals surface area contributed by atoms with Crippen molar-refractivity contribution in [2.45, 2.75) is 13.3 Å². The van der Waals surface area contributed by atoms with E-state index in [9.17, 15) is 9.59 Å². The molecule has 0 aliphatic rings. The molecule has 2 aromatic carbocycles. The van der Waals surface area contributed by atoms with E-state index < -0.39 is 0 Å². The van der Waals surface area contributed by atoms with Gasteiger partial charge in [-0.15, -0.1) is 0 Å². The summed E-state index contributed by atoms with van der Waals surface area (Å²) in [6.45, 7) is 1.77. The number of carbonyl (C=O) groups is 2. The molecule has 0 aliphatic heterocycles.